The third-order valence-corrected chi connectivity index (χ3v) is 5.01. The average molecular weight is 501 g/mol. The molecule has 0 aliphatic carbocycles. The SMILES string of the molecule is C=Cc1nc(-c2[nH]ncc2NC)[nH]c1C/C=C(/OC)C(C)OC.CC.CN(C)Cc1occc1C=O. The number of carbonyl (C=O) groups excluding carboxylic acids is 1. The normalized spacial score (nSPS) is 11.6. The van der Waals surface area contributed by atoms with Gasteiger partial charge in [-0.05, 0) is 39.2 Å². The van der Waals surface area contributed by atoms with Crippen molar-refractivity contribution in [3.05, 3.63) is 59.7 Å². The van der Waals surface area contributed by atoms with Crippen LogP contribution in [0.2, 0.25) is 0 Å². The van der Waals surface area contributed by atoms with Gasteiger partial charge in [-0.15, -0.1) is 0 Å². The summed E-state index contributed by atoms with van der Waals surface area (Å²) in [6.45, 7) is 10.4. The predicted octanol–water partition coefficient (Wildman–Crippen LogP) is 4.77. The molecular weight excluding hydrogens is 460 g/mol. The highest BCUT2D eigenvalue weighted by molar-refractivity contribution is 5.75. The molecule has 3 N–H and O–H groups in total. The van der Waals surface area contributed by atoms with Crippen LogP contribution in [0, 0.1) is 0 Å². The third kappa shape index (κ3) is 8.54. The zero-order valence-electron chi connectivity index (χ0n) is 22.6. The first-order chi connectivity index (χ1) is 17.4. The molecule has 0 amide bonds. The predicted molar refractivity (Wildman–Crippen MR) is 144 cm³/mol. The Morgan fingerprint density at radius 2 is 2.06 bits per heavy atom. The van der Waals surface area contributed by atoms with E-state index in [0.717, 1.165) is 40.6 Å². The molecule has 0 aromatic carbocycles. The number of hydrogen-bond donors (Lipinski definition) is 3. The monoisotopic (exact) mass is 500 g/mol. The number of ether oxygens (including phenoxy) is 2. The van der Waals surface area contributed by atoms with E-state index in [1.807, 2.05) is 52.9 Å². The molecule has 10 nitrogen and oxygen atoms in total. The van der Waals surface area contributed by atoms with E-state index in [1.165, 1.54) is 6.26 Å². The van der Waals surface area contributed by atoms with Crippen LogP contribution in [-0.2, 0) is 22.4 Å². The summed E-state index contributed by atoms with van der Waals surface area (Å²) in [5.74, 6) is 2.21. The van der Waals surface area contributed by atoms with Crippen LogP contribution in [0.4, 0.5) is 5.69 Å². The van der Waals surface area contributed by atoms with Crippen molar-refractivity contribution in [3.8, 4) is 11.5 Å². The Balaban J connectivity index is 0.000000417. The highest BCUT2D eigenvalue weighted by Crippen LogP contribution is 2.24. The molecule has 0 fully saturated rings. The van der Waals surface area contributed by atoms with Gasteiger partial charge in [-0.2, -0.15) is 5.10 Å². The summed E-state index contributed by atoms with van der Waals surface area (Å²) >= 11 is 0. The second-order valence-electron chi connectivity index (χ2n) is 7.61. The van der Waals surface area contributed by atoms with Crippen molar-refractivity contribution in [1.29, 1.82) is 0 Å². The molecule has 3 aromatic rings. The Hall–Kier alpha value is -3.63. The number of H-pyrrole nitrogens is 2. The van der Waals surface area contributed by atoms with Crippen LogP contribution in [-0.4, -0.2) is 72.8 Å². The molecule has 36 heavy (non-hydrogen) atoms. The Bertz CT molecular complexity index is 1080. The van der Waals surface area contributed by atoms with Crippen LogP contribution in [0.15, 0.2) is 41.4 Å². The van der Waals surface area contributed by atoms with Gasteiger partial charge >= 0.3 is 0 Å². The van der Waals surface area contributed by atoms with Crippen LogP contribution in [0.25, 0.3) is 17.6 Å². The first kappa shape index (κ1) is 30.4. The summed E-state index contributed by atoms with van der Waals surface area (Å²) in [5, 5.41) is 10.0. The van der Waals surface area contributed by atoms with Gasteiger partial charge in [0.2, 0.25) is 0 Å². The minimum Gasteiger partial charge on any atom is -0.499 e. The van der Waals surface area contributed by atoms with Crippen molar-refractivity contribution in [1.82, 2.24) is 25.1 Å². The van der Waals surface area contributed by atoms with Crippen molar-refractivity contribution in [2.24, 2.45) is 0 Å². The lowest BCUT2D eigenvalue weighted by Crippen LogP contribution is -2.11. The van der Waals surface area contributed by atoms with Crippen LogP contribution in [0.5, 0.6) is 0 Å². The van der Waals surface area contributed by atoms with Crippen molar-refractivity contribution >= 4 is 18.0 Å². The number of carbonyl (C=O) groups is 1. The van der Waals surface area contributed by atoms with Gasteiger partial charge < -0.3 is 29.1 Å². The molecule has 1 atom stereocenters. The lowest BCUT2D eigenvalue weighted by atomic mass is 10.2. The molecular formula is C26H40N6O4. The number of aromatic nitrogens is 4. The second-order valence-corrected chi connectivity index (χ2v) is 7.61. The summed E-state index contributed by atoms with van der Waals surface area (Å²) in [7, 11) is 8.98. The summed E-state index contributed by atoms with van der Waals surface area (Å²) < 4.78 is 15.7. The van der Waals surface area contributed by atoms with E-state index in [0.29, 0.717) is 24.4 Å². The number of anilines is 1. The topological polar surface area (TPSA) is 121 Å². The van der Waals surface area contributed by atoms with Crippen molar-refractivity contribution in [2.75, 3.05) is 40.7 Å². The molecule has 0 radical (unpaired) electrons. The Morgan fingerprint density at radius 3 is 2.61 bits per heavy atom. The number of nitrogens with one attached hydrogen (secondary N) is 3. The maximum absolute atomic E-state index is 10.4. The van der Waals surface area contributed by atoms with Crippen LogP contribution >= 0.6 is 0 Å². The van der Waals surface area contributed by atoms with E-state index < -0.39 is 0 Å². The fraction of sp³-hybridized carbons (Fsp3) is 0.423. The molecule has 1 unspecified atom stereocenters. The van der Waals surface area contributed by atoms with Crippen LogP contribution < -0.4 is 5.32 Å². The second kappa shape index (κ2) is 16.1. The van der Waals surface area contributed by atoms with Gasteiger partial charge in [-0.1, -0.05) is 20.4 Å². The van der Waals surface area contributed by atoms with Crippen molar-refractivity contribution in [2.45, 2.75) is 39.8 Å². The van der Waals surface area contributed by atoms with Crippen LogP contribution in [0.3, 0.4) is 0 Å². The fourth-order valence-corrected chi connectivity index (χ4v) is 3.13. The molecule has 0 aliphatic rings. The van der Waals surface area contributed by atoms with Crippen molar-refractivity contribution < 1.29 is 18.7 Å². The van der Waals surface area contributed by atoms with Gasteiger partial charge in [0.25, 0.3) is 0 Å². The molecule has 0 saturated heterocycles. The van der Waals surface area contributed by atoms with Crippen molar-refractivity contribution in [3.63, 3.8) is 0 Å². The summed E-state index contributed by atoms with van der Waals surface area (Å²) in [4.78, 5) is 20.2. The fourth-order valence-electron chi connectivity index (χ4n) is 3.13. The van der Waals surface area contributed by atoms with Crippen LogP contribution in [0.1, 0.15) is 48.3 Å². The molecule has 10 heteroatoms. The number of rotatable bonds is 11. The zero-order chi connectivity index (χ0) is 27.1. The number of furan rings is 1. The number of aldehydes is 1. The maximum atomic E-state index is 10.4. The molecule has 3 aromatic heterocycles. The molecule has 0 saturated carbocycles. The van der Waals surface area contributed by atoms with E-state index in [1.54, 1.807) is 32.6 Å². The number of imidazole rings is 1. The molecule has 198 valence electrons. The summed E-state index contributed by atoms with van der Waals surface area (Å²) in [6, 6.07) is 1.67. The molecule has 3 rings (SSSR count). The summed E-state index contributed by atoms with van der Waals surface area (Å²) in [5.41, 5.74) is 4.07. The molecule has 0 spiro atoms. The van der Waals surface area contributed by atoms with E-state index >= 15 is 0 Å². The van der Waals surface area contributed by atoms with Gasteiger partial charge in [-0.25, -0.2) is 4.98 Å². The van der Waals surface area contributed by atoms with Gasteiger partial charge in [0, 0.05) is 26.3 Å². The Kier molecular flexibility index (Phi) is 13.6. The number of nitrogens with zero attached hydrogens (tertiary/aromatic N) is 3. The van der Waals surface area contributed by atoms with E-state index in [4.69, 9.17) is 13.9 Å². The number of allylic oxidation sites excluding steroid dienone is 1. The average Bonchev–Trinajstić information content (AvgIpc) is 3.64. The molecule has 3 heterocycles. The molecule has 0 bridgehead atoms. The van der Waals surface area contributed by atoms with E-state index in [-0.39, 0.29) is 6.10 Å². The first-order valence-corrected chi connectivity index (χ1v) is 11.7. The smallest absolute Gasteiger partial charge is 0.158 e. The first-order valence-electron chi connectivity index (χ1n) is 11.7. The number of methoxy groups -OCH3 is 2. The minimum atomic E-state index is -0.0990. The molecule has 0 aliphatic heterocycles. The number of hydrogen-bond acceptors (Lipinski definition) is 8. The van der Waals surface area contributed by atoms with E-state index in [9.17, 15) is 4.79 Å². The van der Waals surface area contributed by atoms with Gasteiger partial charge in [0.15, 0.2) is 12.1 Å². The van der Waals surface area contributed by atoms with Gasteiger partial charge in [0.05, 0.1) is 43.1 Å². The van der Waals surface area contributed by atoms with E-state index in [2.05, 4.69) is 32.1 Å². The lowest BCUT2D eigenvalue weighted by Gasteiger charge is -2.12. The summed E-state index contributed by atoms with van der Waals surface area (Å²) in [6.07, 6.45) is 8.29. The van der Waals surface area contributed by atoms with Gasteiger partial charge in [0.1, 0.15) is 23.3 Å². The largest absolute Gasteiger partial charge is 0.499 e. The highest BCUT2D eigenvalue weighted by Gasteiger charge is 2.14. The number of aromatic amines is 2. The van der Waals surface area contributed by atoms with Gasteiger partial charge in [-0.3, -0.25) is 9.89 Å². The third-order valence-electron chi connectivity index (χ3n) is 5.01. The maximum Gasteiger partial charge on any atom is 0.158 e. The lowest BCUT2D eigenvalue weighted by molar-refractivity contribution is 0.0910. The highest BCUT2D eigenvalue weighted by atomic mass is 16.5. The Labute approximate surface area is 213 Å². The quantitative estimate of drug-likeness (QED) is 0.254. The zero-order valence-corrected chi connectivity index (χ0v) is 22.6. The standard InChI is InChI=1S/C16H23N5O2.C8H11NO2.C2H6/c1-6-11-12(7-8-14(23-5)10(2)22-4)20-16(19-11)15-13(17-3)9-18-21-15;1-9(2)5-8-7(6-10)3-4-11-8;1-2/h6,8-10,17H,1,7H2,2-5H3,(H,18,21)(H,19,20);3-4,6H,5H2,1-2H3;1-2H3/b14-8+;;. The Morgan fingerprint density at radius 1 is 1.33 bits per heavy atom. The minimum absolute atomic E-state index is 0.0990.